The summed E-state index contributed by atoms with van der Waals surface area (Å²) in [6, 6.07) is 6.14. The first-order chi connectivity index (χ1) is 14.8. The first-order valence-corrected chi connectivity index (χ1v) is 11.2. The van der Waals surface area contributed by atoms with Gasteiger partial charge in [-0.1, -0.05) is 20.8 Å². The Bertz CT molecular complexity index is 921. The van der Waals surface area contributed by atoms with Crippen molar-refractivity contribution in [2.24, 2.45) is 11.8 Å². The lowest BCUT2D eigenvalue weighted by Crippen LogP contribution is -2.43. The Hall–Kier alpha value is -2.70. The van der Waals surface area contributed by atoms with Gasteiger partial charge < -0.3 is 9.64 Å². The molecule has 1 saturated heterocycles. The smallest absolute Gasteiger partial charge is 0.310 e. The number of rotatable bonds is 7. The number of halogens is 1. The fourth-order valence-corrected chi connectivity index (χ4v) is 4.17. The van der Waals surface area contributed by atoms with E-state index in [-0.39, 0.29) is 23.6 Å². The van der Waals surface area contributed by atoms with Gasteiger partial charge in [0.05, 0.1) is 35.2 Å². The predicted octanol–water partition coefficient (Wildman–Crippen LogP) is 4.19. The van der Waals surface area contributed by atoms with Crippen LogP contribution >= 0.6 is 0 Å². The van der Waals surface area contributed by atoms with E-state index in [0.717, 1.165) is 29.9 Å². The lowest BCUT2D eigenvalue weighted by molar-refractivity contribution is -0.149. The highest BCUT2D eigenvalue weighted by molar-refractivity contribution is 5.97. The van der Waals surface area contributed by atoms with Crippen LogP contribution in [0.2, 0.25) is 0 Å². The van der Waals surface area contributed by atoms with Crippen LogP contribution in [0.5, 0.6) is 0 Å². The number of hydrogen-bond donors (Lipinski definition) is 0. The second-order valence-corrected chi connectivity index (χ2v) is 8.45. The van der Waals surface area contributed by atoms with Gasteiger partial charge in [0.15, 0.2) is 0 Å². The Morgan fingerprint density at radius 2 is 1.94 bits per heavy atom. The Morgan fingerprint density at radius 1 is 1.23 bits per heavy atom. The van der Waals surface area contributed by atoms with Crippen LogP contribution in [0.25, 0.3) is 5.69 Å². The van der Waals surface area contributed by atoms with Crippen molar-refractivity contribution in [1.29, 1.82) is 0 Å². The molecule has 0 aliphatic carbocycles. The van der Waals surface area contributed by atoms with Gasteiger partial charge in [0.25, 0.3) is 5.91 Å². The highest BCUT2D eigenvalue weighted by Gasteiger charge is 2.33. The Morgan fingerprint density at radius 3 is 2.55 bits per heavy atom. The van der Waals surface area contributed by atoms with Gasteiger partial charge in [-0.15, -0.1) is 0 Å². The number of benzene rings is 1. The summed E-state index contributed by atoms with van der Waals surface area (Å²) in [7, 11) is 0. The molecule has 1 aromatic carbocycles. The first-order valence-electron chi connectivity index (χ1n) is 11.2. The summed E-state index contributed by atoms with van der Waals surface area (Å²) in [5.74, 6) is -0.606. The van der Waals surface area contributed by atoms with Gasteiger partial charge in [0, 0.05) is 13.1 Å². The molecule has 0 radical (unpaired) electrons. The number of hydrogen-bond acceptors (Lipinski definition) is 4. The number of amides is 1. The molecule has 1 aliphatic heterocycles. The van der Waals surface area contributed by atoms with Gasteiger partial charge in [-0.05, 0) is 62.8 Å². The Kier molecular flexibility index (Phi) is 7.46. The zero-order chi connectivity index (χ0) is 22.5. The number of piperidine rings is 1. The molecule has 1 atom stereocenters. The second-order valence-electron chi connectivity index (χ2n) is 8.45. The third kappa shape index (κ3) is 5.14. The van der Waals surface area contributed by atoms with Crippen molar-refractivity contribution in [2.75, 3.05) is 19.7 Å². The third-order valence-electron chi connectivity index (χ3n) is 5.60. The van der Waals surface area contributed by atoms with Crippen molar-refractivity contribution in [3.05, 3.63) is 47.0 Å². The van der Waals surface area contributed by atoms with Gasteiger partial charge in [-0.3, -0.25) is 9.59 Å². The highest BCUT2D eigenvalue weighted by Crippen LogP contribution is 2.27. The van der Waals surface area contributed by atoms with E-state index in [1.165, 1.54) is 12.1 Å². The molecule has 0 bridgehead atoms. The molecular formula is C24H32FN3O3. The van der Waals surface area contributed by atoms with Crippen molar-refractivity contribution < 1.29 is 18.7 Å². The normalized spacial score (nSPS) is 16.6. The minimum atomic E-state index is -0.314. The number of aromatic nitrogens is 2. The van der Waals surface area contributed by atoms with Crippen LogP contribution in [0.15, 0.2) is 24.3 Å². The van der Waals surface area contributed by atoms with Crippen LogP contribution in [-0.2, 0) is 22.4 Å². The average Bonchev–Trinajstić information content (AvgIpc) is 3.11. The molecule has 0 saturated carbocycles. The maximum Gasteiger partial charge on any atom is 0.310 e. The van der Waals surface area contributed by atoms with E-state index in [4.69, 9.17) is 9.84 Å². The lowest BCUT2D eigenvalue weighted by atomic mass is 9.96. The van der Waals surface area contributed by atoms with Crippen LogP contribution in [0.3, 0.4) is 0 Å². The summed E-state index contributed by atoms with van der Waals surface area (Å²) in [6.07, 6.45) is 2.77. The van der Waals surface area contributed by atoms with Gasteiger partial charge >= 0.3 is 5.97 Å². The van der Waals surface area contributed by atoms with E-state index in [0.29, 0.717) is 44.0 Å². The SMILES string of the molecule is CCOC(=O)C1CCCN(C(=O)c2c(CC(C)C)nn(-c3ccc(F)cc3)c2CC)C1. The van der Waals surface area contributed by atoms with Crippen LogP contribution in [0, 0.1) is 17.7 Å². The third-order valence-corrected chi connectivity index (χ3v) is 5.60. The molecule has 1 fully saturated rings. The fraction of sp³-hybridized carbons (Fsp3) is 0.542. The Balaban J connectivity index is 1.98. The van der Waals surface area contributed by atoms with Gasteiger partial charge in [-0.2, -0.15) is 5.10 Å². The van der Waals surface area contributed by atoms with E-state index < -0.39 is 0 Å². The fourth-order valence-electron chi connectivity index (χ4n) is 4.17. The van der Waals surface area contributed by atoms with Gasteiger partial charge in [0.1, 0.15) is 5.82 Å². The predicted molar refractivity (Wildman–Crippen MR) is 117 cm³/mol. The summed E-state index contributed by atoms with van der Waals surface area (Å²) >= 11 is 0. The molecule has 6 nitrogen and oxygen atoms in total. The van der Waals surface area contributed by atoms with Crippen molar-refractivity contribution in [2.45, 2.75) is 53.4 Å². The minimum absolute atomic E-state index is 0.0881. The van der Waals surface area contributed by atoms with Crippen LogP contribution in [0.4, 0.5) is 4.39 Å². The Labute approximate surface area is 183 Å². The number of carbonyl (C=O) groups is 2. The molecule has 0 spiro atoms. The molecule has 2 aromatic rings. The topological polar surface area (TPSA) is 64.4 Å². The van der Waals surface area contributed by atoms with E-state index in [1.54, 1.807) is 28.6 Å². The first kappa shape index (κ1) is 23.0. The molecule has 2 heterocycles. The van der Waals surface area contributed by atoms with E-state index in [2.05, 4.69) is 13.8 Å². The number of likely N-dealkylation sites (tertiary alicyclic amines) is 1. The maximum atomic E-state index is 13.7. The quantitative estimate of drug-likeness (QED) is 0.619. The largest absolute Gasteiger partial charge is 0.466 e. The van der Waals surface area contributed by atoms with Gasteiger partial charge in [0.2, 0.25) is 0 Å². The molecule has 0 N–H and O–H groups in total. The standard InChI is InChI=1S/C24H32FN3O3/c1-5-21-22(23(29)27-13-7-8-17(15-27)24(30)31-6-2)20(14-16(3)4)26-28(21)19-11-9-18(25)10-12-19/h9-12,16-17H,5-8,13-15H2,1-4H3. The van der Waals surface area contributed by atoms with E-state index >= 15 is 0 Å². The molecule has 7 heteroatoms. The number of esters is 1. The maximum absolute atomic E-state index is 13.7. The van der Waals surface area contributed by atoms with Crippen LogP contribution < -0.4 is 0 Å². The molecule has 168 valence electrons. The number of ether oxygens (including phenoxy) is 1. The van der Waals surface area contributed by atoms with Crippen molar-refractivity contribution in [1.82, 2.24) is 14.7 Å². The zero-order valence-corrected chi connectivity index (χ0v) is 18.9. The lowest BCUT2D eigenvalue weighted by Gasteiger charge is -2.31. The minimum Gasteiger partial charge on any atom is -0.466 e. The summed E-state index contributed by atoms with van der Waals surface area (Å²) < 4.78 is 20.4. The molecule has 1 aliphatic rings. The molecule has 1 amide bonds. The van der Waals surface area contributed by atoms with E-state index in [1.807, 2.05) is 6.92 Å². The zero-order valence-electron chi connectivity index (χ0n) is 18.9. The monoisotopic (exact) mass is 429 g/mol. The highest BCUT2D eigenvalue weighted by atomic mass is 19.1. The van der Waals surface area contributed by atoms with Crippen LogP contribution in [0.1, 0.15) is 62.3 Å². The molecule has 3 rings (SSSR count). The van der Waals surface area contributed by atoms with E-state index in [9.17, 15) is 14.0 Å². The summed E-state index contributed by atoms with van der Waals surface area (Å²) in [5, 5.41) is 4.78. The van der Waals surface area contributed by atoms with Crippen molar-refractivity contribution in [3.63, 3.8) is 0 Å². The number of carbonyl (C=O) groups excluding carboxylic acids is 2. The van der Waals surface area contributed by atoms with Crippen molar-refractivity contribution in [3.8, 4) is 5.69 Å². The summed E-state index contributed by atoms with van der Waals surface area (Å²) in [5.41, 5.74) is 2.90. The summed E-state index contributed by atoms with van der Waals surface area (Å²) in [4.78, 5) is 27.7. The van der Waals surface area contributed by atoms with Gasteiger partial charge in [-0.25, -0.2) is 9.07 Å². The molecule has 31 heavy (non-hydrogen) atoms. The van der Waals surface area contributed by atoms with Crippen LogP contribution in [-0.4, -0.2) is 46.3 Å². The summed E-state index contributed by atoms with van der Waals surface area (Å²) in [6.45, 7) is 9.28. The molecule has 1 aromatic heterocycles. The second kappa shape index (κ2) is 10.1. The molecule has 1 unspecified atom stereocenters. The molecular weight excluding hydrogens is 397 g/mol. The number of nitrogens with zero attached hydrogens (tertiary/aromatic N) is 3. The average molecular weight is 430 g/mol. The van der Waals surface area contributed by atoms with Crippen molar-refractivity contribution >= 4 is 11.9 Å².